The minimum absolute atomic E-state index is 0.624. The Hall–Kier alpha value is -1.58. The number of aromatic nitrogens is 3. The van der Waals surface area contributed by atoms with Crippen LogP contribution in [0.1, 0.15) is 25.0 Å². The second-order valence-electron chi connectivity index (χ2n) is 4.16. The normalized spacial score (nSPS) is 16.6. The molecule has 0 spiro atoms. The van der Waals surface area contributed by atoms with E-state index in [0.29, 0.717) is 6.04 Å². The molecule has 1 N–H and O–H groups in total. The summed E-state index contributed by atoms with van der Waals surface area (Å²) in [6, 6.07) is 4.61. The van der Waals surface area contributed by atoms with E-state index in [9.17, 15) is 0 Å². The van der Waals surface area contributed by atoms with Crippen LogP contribution in [0.4, 0.5) is 5.82 Å². The molecule has 3 rings (SSSR count). The van der Waals surface area contributed by atoms with Gasteiger partial charge < -0.3 is 5.32 Å². The van der Waals surface area contributed by atoms with Crippen LogP contribution >= 0.6 is 0 Å². The minimum Gasteiger partial charge on any atom is -0.367 e. The van der Waals surface area contributed by atoms with E-state index >= 15 is 0 Å². The molecule has 0 unspecified atom stereocenters. The maximum absolute atomic E-state index is 4.41. The Morgan fingerprint density at radius 3 is 3.07 bits per heavy atom. The Morgan fingerprint density at radius 2 is 2.33 bits per heavy atom. The van der Waals surface area contributed by atoms with Crippen LogP contribution in [-0.4, -0.2) is 20.6 Å². The van der Waals surface area contributed by atoms with Crippen LogP contribution in [0.2, 0.25) is 0 Å². The average Bonchev–Trinajstić information content (AvgIpc) is 2.58. The van der Waals surface area contributed by atoms with E-state index in [2.05, 4.69) is 21.5 Å². The maximum atomic E-state index is 4.41. The molecule has 0 saturated heterocycles. The zero-order valence-electron chi connectivity index (χ0n) is 8.77. The van der Waals surface area contributed by atoms with Gasteiger partial charge in [-0.15, -0.1) is 0 Å². The van der Waals surface area contributed by atoms with Crippen LogP contribution < -0.4 is 5.32 Å². The molecule has 4 heteroatoms. The molecule has 0 radical (unpaired) electrons. The van der Waals surface area contributed by atoms with Crippen molar-refractivity contribution in [2.45, 2.75) is 32.2 Å². The van der Waals surface area contributed by atoms with Gasteiger partial charge in [0.15, 0.2) is 5.65 Å². The lowest BCUT2D eigenvalue weighted by atomic mass is 9.93. The predicted octanol–water partition coefficient (Wildman–Crippen LogP) is 2.00. The molecule has 0 aromatic carbocycles. The third-order valence-corrected chi connectivity index (χ3v) is 2.94. The van der Waals surface area contributed by atoms with Gasteiger partial charge in [0.25, 0.3) is 0 Å². The summed E-state index contributed by atoms with van der Waals surface area (Å²) in [4.78, 5) is 4.41. The second-order valence-corrected chi connectivity index (χ2v) is 4.16. The number of fused-ring (bicyclic) bond motifs is 1. The van der Waals surface area contributed by atoms with Gasteiger partial charge in [0, 0.05) is 23.9 Å². The van der Waals surface area contributed by atoms with Crippen LogP contribution in [0.25, 0.3) is 5.65 Å². The summed E-state index contributed by atoms with van der Waals surface area (Å²) in [7, 11) is 0. The summed E-state index contributed by atoms with van der Waals surface area (Å²) in [6.45, 7) is 2.01. The Balaban J connectivity index is 2.02. The standard InChI is InChI=1S/C11H14N4/c1-8-7-11(14-9-3-2-4-9)15-10(13-8)5-6-12-15/h5-7,9,14H,2-4H2,1H3. The van der Waals surface area contributed by atoms with Crippen molar-refractivity contribution in [1.82, 2.24) is 14.6 Å². The van der Waals surface area contributed by atoms with Crippen molar-refractivity contribution >= 4 is 11.5 Å². The van der Waals surface area contributed by atoms with Crippen LogP contribution in [-0.2, 0) is 0 Å². The van der Waals surface area contributed by atoms with E-state index in [1.807, 2.05) is 17.5 Å². The monoisotopic (exact) mass is 202 g/mol. The molecule has 1 fully saturated rings. The third-order valence-electron chi connectivity index (χ3n) is 2.94. The number of nitrogens with zero attached hydrogens (tertiary/aromatic N) is 3. The third kappa shape index (κ3) is 1.46. The molecule has 1 aliphatic rings. The highest BCUT2D eigenvalue weighted by Crippen LogP contribution is 2.23. The van der Waals surface area contributed by atoms with Crippen molar-refractivity contribution in [3.8, 4) is 0 Å². The zero-order chi connectivity index (χ0) is 10.3. The molecular weight excluding hydrogens is 188 g/mol. The van der Waals surface area contributed by atoms with Crippen LogP contribution in [0.5, 0.6) is 0 Å². The molecule has 78 valence electrons. The van der Waals surface area contributed by atoms with Gasteiger partial charge in [0.1, 0.15) is 5.82 Å². The molecule has 2 aromatic heterocycles. The van der Waals surface area contributed by atoms with E-state index < -0.39 is 0 Å². The number of hydrogen-bond acceptors (Lipinski definition) is 3. The molecule has 1 saturated carbocycles. The first kappa shape index (κ1) is 8.71. The van der Waals surface area contributed by atoms with E-state index in [4.69, 9.17) is 0 Å². The quantitative estimate of drug-likeness (QED) is 0.810. The number of aryl methyl sites for hydroxylation is 1. The van der Waals surface area contributed by atoms with Gasteiger partial charge in [-0.25, -0.2) is 4.98 Å². The van der Waals surface area contributed by atoms with Crippen molar-refractivity contribution in [3.05, 3.63) is 24.0 Å². The van der Waals surface area contributed by atoms with Crippen molar-refractivity contribution in [1.29, 1.82) is 0 Å². The minimum atomic E-state index is 0.624. The molecule has 0 atom stereocenters. The fourth-order valence-electron chi connectivity index (χ4n) is 1.90. The van der Waals surface area contributed by atoms with Gasteiger partial charge in [0.05, 0.1) is 6.20 Å². The zero-order valence-corrected chi connectivity index (χ0v) is 8.77. The highest BCUT2D eigenvalue weighted by molar-refractivity contribution is 5.49. The molecule has 0 bridgehead atoms. The summed E-state index contributed by atoms with van der Waals surface area (Å²) in [5.74, 6) is 1.06. The summed E-state index contributed by atoms with van der Waals surface area (Å²) in [6.07, 6.45) is 5.66. The van der Waals surface area contributed by atoms with Crippen LogP contribution in [0.15, 0.2) is 18.3 Å². The lowest BCUT2D eigenvalue weighted by molar-refractivity contribution is 0.443. The lowest BCUT2D eigenvalue weighted by Gasteiger charge is -2.27. The molecular formula is C11H14N4. The summed E-state index contributed by atoms with van der Waals surface area (Å²) in [5.41, 5.74) is 1.95. The van der Waals surface area contributed by atoms with Gasteiger partial charge in [0.2, 0.25) is 0 Å². The number of hydrogen-bond donors (Lipinski definition) is 1. The van der Waals surface area contributed by atoms with Crippen molar-refractivity contribution in [2.75, 3.05) is 5.32 Å². The van der Waals surface area contributed by atoms with Gasteiger partial charge in [-0.2, -0.15) is 9.61 Å². The fourth-order valence-corrected chi connectivity index (χ4v) is 1.90. The molecule has 0 amide bonds. The first-order valence-electron chi connectivity index (χ1n) is 5.41. The lowest BCUT2D eigenvalue weighted by Crippen LogP contribution is -2.28. The van der Waals surface area contributed by atoms with Crippen LogP contribution in [0, 0.1) is 6.92 Å². The van der Waals surface area contributed by atoms with Crippen molar-refractivity contribution in [3.63, 3.8) is 0 Å². The van der Waals surface area contributed by atoms with Crippen LogP contribution in [0.3, 0.4) is 0 Å². The van der Waals surface area contributed by atoms with Gasteiger partial charge >= 0.3 is 0 Å². The highest BCUT2D eigenvalue weighted by Gasteiger charge is 2.18. The number of nitrogens with one attached hydrogen (secondary N) is 1. The topological polar surface area (TPSA) is 42.2 Å². The Kier molecular flexibility index (Phi) is 1.87. The van der Waals surface area contributed by atoms with Gasteiger partial charge in [-0.3, -0.25) is 0 Å². The van der Waals surface area contributed by atoms with E-state index in [1.54, 1.807) is 6.20 Å². The Morgan fingerprint density at radius 1 is 1.47 bits per heavy atom. The molecule has 0 aliphatic heterocycles. The summed E-state index contributed by atoms with van der Waals surface area (Å²) >= 11 is 0. The summed E-state index contributed by atoms with van der Waals surface area (Å²) < 4.78 is 1.87. The maximum Gasteiger partial charge on any atom is 0.157 e. The van der Waals surface area contributed by atoms with E-state index in [1.165, 1.54) is 19.3 Å². The second kappa shape index (κ2) is 3.22. The van der Waals surface area contributed by atoms with Crippen molar-refractivity contribution < 1.29 is 0 Å². The van der Waals surface area contributed by atoms with Gasteiger partial charge in [-0.1, -0.05) is 0 Å². The van der Waals surface area contributed by atoms with Crippen molar-refractivity contribution in [2.24, 2.45) is 0 Å². The Labute approximate surface area is 88.3 Å². The smallest absolute Gasteiger partial charge is 0.157 e. The summed E-state index contributed by atoms with van der Waals surface area (Å²) in [5, 5.41) is 7.77. The molecule has 15 heavy (non-hydrogen) atoms. The fraction of sp³-hybridized carbons (Fsp3) is 0.455. The molecule has 1 aliphatic carbocycles. The predicted molar refractivity (Wildman–Crippen MR) is 59.0 cm³/mol. The van der Waals surface area contributed by atoms with E-state index in [0.717, 1.165) is 17.2 Å². The molecule has 2 heterocycles. The number of rotatable bonds is 2. The molecule has 4 nitrogen and oxygen atoms in total. The number of anilines is 1. The average molecular weight is 202 g/mol. The SMILES string of the molecule is Cc1cc(NC2CCC2)n2nccc2n1. The van der Waals surface area contributed by atoms with Gasteiger partial charge in [-0.05, 0) is 26.2 Å². The van der Waals surface area contributed by atoms with E-state index in [-0.39, 0.29) is 0 Å². The Bertz CT molecular complexity index is 484. The first-order valence-corrected chi connectivity index (χ1v) is 5.41. The largest absolute Gasteiger partial charge is 0.367 e. The molecule has 2 aromatic rings. The highest BCUT2D eigenvalue weighted by atomic mass is 15.3. The first-order chi connectivity index (χ1) is 7.33.